The molecule has 1 aromatic heterocycles. The van der Waals surface area contributed by atoms with Crippen LogP contribution in [0.5, 0.6) is 11.5 Å². The molecule has 2 atom stereocenters. The Morgan fingerprint density at radius 2 is 1.74 bits per heavy atom. The van der Waals surface area contributed by atoms with E-state index in [1.807, 2.05) is 85.8 Å². The molecule has 0 radical (unpaired) electrons. The highest BCUT2D eigenvalue weighted by molar-refractivity contribution is 8.00. The number of ether oxygens (including phenoxy) is 2. The standard InChI is InChI=1S/C26H25N5O3S/c1-17-8-12-19(13-9-17)27-25(32)24-23(18-10-14-20(33-2)15-11-18)30-31-22(28-29-26(31)35-24)16-34-21-6-4-3-5-7-21/h3-15,23-24,30H,16H2,1-2H3,(H,27,32)/t23-,24-/m1/s1. The highest BCUT2D eigenvalue weighted by Crippen LogP contribution is 2.38. The number of carbonyl (C=O) groups is 1. The van der Waals surface area contributed by atoms with E-state index < -0.39 is 5.25 Å². The van der Waals surface area contributed by atoms with E-state index in [2.05, 4.69) is 20.9 Å². The number of methoxy groups -OCH3 is 1. The molecule has 2 N–H and O–H groups in total. The smallest absolute Gasteiger partial charge is 0.240 e. The Morgan fingerprint density at radius 3 is 2.46 bits per heavy atom. The van der Waals surface area contributed by atoms with Crippen molar-refractivity contribution >= 4 is 23.4 Å². The number of aryl methyl sites for hydroxylation is 1. The molecule has 0 saturated carbocycles. The summed E-state index contributed by atoms with van der Waals surface area (Å²) in [4.78, 5) is 13.4. The molecule has 5 rings (SSSR count). The molecule has 0 unspecified atom stereocenters. The van der Waals surface area contributed by atoms with Crippen LogP contribution in [-0.2, 0) is 11.4 Å². The van der Waals surface area contributed by atoms with Gasteiger partial charge in [0.25, 0.3) is 0 Å². The summed E-state index contributed by atoms with van der Waals surface area (Å²) >= 11 is 1.37. The van der Waals surface area contributed by atoms with Crippen LogP contribution in [-0.4, -0.2) is 33.1 Å². The number of hydrogen-bond acceptors (Lipinski definition) is 7. The van der Waals surface area contributed by atoms with Crippen LogP contribution < -0.4 is 20.2 Å². The third-order valence-electron chi connectivity index (χ3n) is 5.67. The highest BCUT2D eigenvalue weighted by atomic mass is 32.2. The molecular formula is C26H25N5O3S. The number of benzene rings is 3. The van der Waals surface area contributed by atoms with Crippen LogP contribution in [0.1, 0.15) is 23.0 Å². The molecule has 1 amide bonds. The van der Waals surface area contributed by atoms with E-state index in [1.165, 1.54) is 11.8 Å². The summed E-state index contributed by atoms with van der Waals surface area (Å²) < 4.78 is 13.0. The average molecular weight is 488 g/mol. The molecular weight excluding hydrogens is 462 g/mol. The van der Waals surface area contributed by atoms with Gasteiger partial charge in [0.1, 0.15) is 23.4 Å². The third-order valence-corrected chi connectivity index (χ3v) is 6.88. The summed E-state index contributed by atoms with van der Waals surface area (Å²) in [6.45, 7) is 2.25. The zero-order chi connectivity index (χ0) is 24.2. The number of nitrogens with zero attached hydrogens (tertiary/aromatic N) is 3. The lowest BCUT2D eigenvalue weighted by atomic mass is 10.0. The predicted octanol–water partition coefficient (Wildman–Crippen LogP) is 4.57. The summed E-state index contributed by atoms with van der Waals surface area (Å²) in [5.74, 6) is 1.99. The first-order valence-electron chi connectivity index (χ1n) is 11.2. The number of para-hydroxylation sites is 1. The lowest BCUT2D eigenvalue weighted by Crippen LogP contribution is -2.41. The SMILES string of the molecule is COc1ccc([C@H]2Nn3c(COc4ccccc4)nnc3S[C@H]2C(=O)Nc2ccc(C)cc2)cc1. The van der Waals surface area contributed by atoms with E-state index in [9.17, 15) is 4.79 Å². The fourth-order valence-corrected chi connectivity index (χ4v) is 4.87. The fourth-order valence-electron chi connectivity index (χ4n) is 3.77. The van der Waals surface area contributed by atoms with E-state index in [0.717, 1.165) is 28.3 Å². The average Bonchev–Trinajstić information content (AvgIpc) is 3.30. The number of nitrogens with one attached hydrogen (secondary N) is 2. The molecule has 178 valence electrons. The van der Waals surface area contributed by atoms with Crippen LogP contribution in [0.3, 0.4) is 0 Å². The molecule has 0 saturated heterocycles. The summed E-state index contributed by atoms with van der Waals surface area (Å²) in [6.07, 6.45) is 0. The van der Waals surface area contributed by atoms with Gasteiger partial charge in [-0.3, -0.25) is 4.79 Å². The van der Waals surface area contributed by atoms with Gasteiger partial charge >= 0.3 is 0 Å². The van der Waals surface area contributed by atoms with Gasteiger partial charge in [-0.1, -0.05) is 59.8 Å². The van der Waals surface area contributed by atoms with Gasteiger partial charge in [0.2, 0.25) is 11.1 Å². The first-order valence-corrected chi connectivity index (χ1v) is 12.1. The monoisotopic (exact) mass is 487 g/mol. The summed E-state index contributed by atoms with van der Waals surface area (Å²) in [7, 11) is 1.63. The molecule has 2 heterocycles. The van der Waals surface area contributed by atoms with Gasteiger partial charge in [-0.15, -0.1) is 10.2 Å². The Kier molecular flexibility index (Phi) is 6.58. The number of fused-ring (bicyclic) bond motifs is 1. The van der Waals surface area contributed by atoms with Crippen molar-refractivity contribution in [1.29, 1.82) is 0 Å². The molecule has 1 aliphatic rings. The van der Waals surface area contributed by atoms with Crippen LogP contribution in [0.15, 0.2) is 84.0 Å². The third kappa shape index (κ3) is 5.09. The molecule has 4 aromatic rings. The normalized spacial score (nSPS) is 16.6. The Balaban J connectivity index is 1.41. The molecule has 3 aromatic carbocycles. The quantitative estimate of drug-likeness (QED) is 0.395. The molecule has 0 aliphatic carbocycles. The van der Waals surface area contributed by atoms with Gasteiger partial charge in [-0.2, -0.15) is 0 Å². The summed E-state index contributed by atoms with van der Waals surface area (Å²) in [5.41, 5.74) is 6.27. The number of aromatic nitrogens is 3. The number of anilines is 1. The molecule has 0 spiro atoms. The molecule has 9 heteroatoms. The lowest BCUT2D eigenvalue weighted by Gasteiger charge is -2.33. The van der Waals surface area contributed by atoms with Crippen molar-refractivity contribution in [2.75, 3.05) is 17.9 Å². The number of rotatable bonds is 7. The number of carbonyl (C=O) groups excluding carboxylic acids is 1. The highest BCUT2D eigenvalue weighted by Gasteiger charge is 2.38. The van der Waals surface area contributed by atoms with Gasteiger partial charge in [0.15, 0.2) is 5.82 Å². The van der Waals surface area contributed by atoms with Crippen molar-refractivity contribution in [3.8, 4) is 11.5 Å². The Hall–Kier alpha value is -3.98. The second kappa shape index (κ2) is 10.1. The van der Waals surface area contributed by atoms with Crippen molar-refractivity contribution in [3.05, 3.63) is 95.8 Å². The first-order chi connectivity index (χ1) is 17.1. The topological polar surface area (TPSA) is 90.3 Å². The Morgan fingerprint density at radius 1 is 1.00 bits per heavy atom. The first kappa shape index (κ1) is 22.8. The minimum atomic E-state index is -0.482. The van der Waals surface area contributed by atoms with Crippen molar-refractivity contribution in [2.24, 2.45) is 0 Å². The number of hydrogen-bond donors (Lipinski definition) is 2. The van der Waals surface area contributed by atoms with E-state index in [1.54, 1.807) is 11.8 Å². The van der Waals surface area contributed by atoms with Crippen LogP contribution in [0.2, 0.25) is 0 Å². The largest absolute Gasteiger partial charge is 0.497 e. The molecule has 8 nitrogen and oxygen atoms in total. The molecule has 35 heavy (non-hydrogen) atoms. The zero-order valence-corrected chi connectivity index (χ0v) is 20.2. The Bertz CT molecular complexity index is 1290. The van der Waals surface area contributed by atoms with Gasteiger partial charge in [-0.05, 0) is 48.9 Å². The van der Waals surface area contributed by atoms with Crippen LogP contribution in [0.4, 0.5) is 5.69 Å². The minimum absolute atomic E-state index is 0.122. The maximum atomic E-state index is 13.4. The van der Waals surface area contributed by atoms with Crippen molar-refractivity contribution in [3.63, 3.8) is 0 Å². The van der Waals surface area contributed by atoms with E-state index in [-0.39, 0.29) is 18.6 Å². The fraction of sp³-hybridized carbons (Fsp3) is 0.192. The van der Waals surface area contributed by atoms with E-state index >= 15 is 0 Å². The molecule has 0 bridgehead atoms. The predicted molar refractivity (Wildman–Crippen MR) is 135 cm³/mol. The maximum absolute atomic E-state index is 13.4. The minimum Gasteiger partial charge on any atom is -0.497 e. The van der Waals surface area contributed by atoms with E-state index in [4.69, 9.17) is 9.47 Å². The van der Waals surface area contributed by atoms with Crippen LogP contribution in [0.25, 0.3) is 0 Å². The summed E-state index contributed by atoms with van der Waals surface area (Å²) in [6, 6.07) is 24.6. The van der Waals surface area contributed by atoms with Crippen molar-refractivity contribution < 1.29 is 14.3 Å². The van der Waals surface area contributed by atoms with Crippen molar-refractivity contribution in [2.45, 2.75) is 30.0 Å². The van der Waals surface area contributed by atoms with Gasteiger partial charge in [0, 0.05) is 5.69 Å². The van der Waals surface area contributed by atoms with E-state index in [0.29, 0.717) is 11.0 Å². The zero-order valence-electron chi connectivity index (χ0n) is 19.3. The van der Waals surface area contributed by atoms with Crippen LogP contribution >= 0.6 is 11.8 Å². The second-order valence-corrected chi connectivity index (χ2v) is 9.22. The Labute approximate surface area is 207 Å². The number of thioether (sulfide) groups is 1. The summed E-state index contributed by atoms with van der Waals surface area (Å²) in [5, 5.41) is 11.8. The number of amides is 1. The molecule has 0 fully saturated rings. The lowest BCUT2D eigenvalue weighted by molar-refractivity contribution is -0.116. The molecule has 1 aliphatic heterocycles. The van der Waals surface area contributed by atoms with Gasteiger partial charge in [0.05, 0.1) is 13.2 Å². The van der Waals surface area contributed by atoms with Crippen LogP contribution in [0, 0.1) is 6.92 Å². The maximum Gasteiger partial charge on any atom is 0.240 e. The van der Waals surface area contributed by atoms with Gasteiger partial charge in [-0.25, -0.2) is 4.68 Å². The van der Waals surface area contributed by atoms with Gasteiger partial charge < -0.3 is 20.2 Å². The second-order valence-electron chi connectivity index (χ2n) is 8.11. The van der Waals surface area contributed by atoms with Crippen molar-refractivity contribution in [1.82, 2.24) is 14.9 Å².